The number of hydrogen-bond donors (Lipinski definition) is 5. The van der Waals surface area contributed by atoms with Gasteiger partial charge in [-0.05, 0) is 278 Å². The van der Waals surface area contributed by atoms with Crippen molar-refractivity contribution in [3.8, 4) is 0 Å². The first kappa shape index (κ1) is 99.5. The van der Waals surface area contributed by atoms with Gasteiger partial charge < -0.3 is 41.1 Å². The molecule has 2 aliphatic carbocycles. The van der Waals surface area contributed by atoms with Crippen molar-refractivity contribution in [3.63, 3.8) is 0 Å². The summed E-state index contributed by atoms with van der Waals surface area (Å²) in [6.45, 7) is 80.0. The Balaban J connectivity index is 0.000000142. The minimum absolute atomic E-state index is 0.0755. The van der Waals surface area contributed by atoms with Crippen LogP contribution in [0.3, 0.4) is 0 Å². The van der Waals surface area contributed by atoms with E-state index in [0.29, 0.717) is 16.2 Å². The minimum atomic E-state index is -0.462. The van der Waals surface area contributed by atoms with Crippen molar-refractivity contribution in [2.45, 2.75) is 370 Å². The van der Waals surface area contributed by atoms with Gasteiger partial charge in [0.1, 0.15) is 5.60 Å². The largest absolute Gasteiger partial charge is 0.443 e. The second-order valence-corrected chi connectivity index (χ2v) is 49.1. The van der Waals surface area contributed by atoms with E-state index in [9.17, 15) is 14.4 Å². The summed E-state index contributed by atoms with van der Waals surface area (Å²) in [4.78, 5) is 41.4. The minimum Gasteiger partial charge on any atom is -0.443 e. The summed E-state index contributed by atoms with van der Waals surface area (Å²) in [6.07, 6.45) is 12.9. The molecule has 0 saturated heterocycles. The van der Waals surface area contributed by atoms with Gasteiger partial charge in [0.25, 0.3) is 0 Å². The topological polar surface area (TPSA) is 130 Å². The Labute approximate surface area is 775 Å². The van der Waals surface area contributed by atoms with Gasteiger partial charge in [-0.1, -0.05) is 291 Å². The van der Waals surface area contributed by atoms with Gasteiger partial charge in [0.15, 0.2) is 0 Å². The monoisotopic (exact) mass is 1740 g/mol. The Hall–Kier alpha value is -9.03. The van der Waals surface area contributed by atoms with Crippen LogP contribution in [-0.4, -0.2) is 75.9 Å². The highest BCUT2D eigenvalue weighted by atomic mass is 16.6. The maximum absolute atomic E-state index is 12.4. The SMILES string of the molecule is CC(=O)N1CC2(CC2)c2ccc(C(C)(C)C)cc21.CC(=O)N1CCc2ccc(C(C)(C)C)cc21.CC(C)(C)OC(=O)N1CCCc2ccc(C(C)(C)C)cc21.CC(C)(C)c1ccc2c(c1)NCC2.CC(C)(C)c1ccc2c(c1)NCC2(C)C.CC(C)(C)c1ccc2c(c1)NCC21CC1.CC(C)(C)c1ccc2c(c1)NCCC2.CC(C)(C)c1ccc2c(c1)NCCC2(C)C. The summed E-state index contributed by atoms with van der Waals surface area (Å²) in [7, 11) is 0. The van der Waals surface area contributed by atoms with Crippen LogP contribution in [0, 0.1) is 0 Å². The maximum atomic E-state index is 12.4. The van der Waals surface area contributed by atoms with E-state index in [2.05, 4.69) is 366 Å². The van der Waals surface area contributed by atoms with Crippen molar-refractivity contribution < 1.29 is 19.1 Å². The second-order valence-electron chi connectivity index (χ2n) is 49.1. The molecule has 2 saturated carbocycles. The first-order chi connectivity index (χ1) is 59.1. The molecule has 2 spiro atoms. The molecule has 10 aliphatic rings. The third kappa shape index (κ3) is 24.4. The second kappa shape index (κ2) is 37.3. The molecule has 18 rings (SSSR count). The highest BCUT2D eigenvalue weighted by Gasteiger charge is 2.53. The van der Waals surface area contributed by atoms with E-state index in [4.69, 9.17) is 4.74 Å². The number of aryl methyl sites for hydroxylation is 2. The molecule has 5 N–H and O–H groups in total. The number of benzene rings is 8. The molecule has 8 heterocycles. The third-order valence-electron chi connectivity index (χ3n) is 27.9. The zero-order chi connectivity index (χ0) is 94.5. The number of rotatable bonds is 0. The van der Waals surface area contributed by atoms with Gasteiger partial charge in [0.2, 0.25) is 11.8 Å². The Kier molecular flexibility index (Phi) is 29.0. The van der Waals surface area contributed by atoms with Crippen molar-refractivity contribution >= 4 is 63.4 Å². The van der Waals surface area contributed by atoms with Gasteiger partial charge in [-0.2, -0.15) is 0 Å². The fourth-order valence-electron chi connectivity index (χ4n) is 18.5. The number of ether oxygens (including phenoxy) is 1. The molecule has 694 valence electrons. The predicted octanol–water partition coefficient (Wildman–Crippen LogP) is 28.4. The lowest BCUT2D eigenvalue weighted by Gasteiger charge is -2.34. The molecular weight excluding hydrogens is 1570 g/mol. The number of fused-ring (bicyclic) bond motifs is 10. The third-order valence-corrected chi connectivity index (χ3v) is 27.9. The highest BCUT2D eigenvalue weighted by Crippen LogP contribution is 2.58. The van der Waals surface area contributed by atoms with Crippen LogP contribution in [0.15, 0.2) is 146 Å². The molecule has 8 aromatic carbocycles. The van der Waals surface area contributed by atoms with Gasteiger partial charge in [-0.15, -0.1) is 0 Å². The van der Waals surface area contributed by atoms with Crippen molar-refractivity contribution in [3.05, 3.63) is 235 Å². The molecule has 0 unspecified atom stereocenters. The van der Waals surface area contributed by atoms with Gasteiger partial charge in [0, 0.05) is 122 Å². The van der Waals surface area contributed by atoms with Crippen LogP contribution in [0.2, 0.25) is 0 Å². The van der Waals surface area contributed by atoms with E-state index in [1.165, 1.54) is 163 Å². The molecule has 2 fully saturated rings. The lowest BCUT2D eigenvalue weighted by atomic mass is 9.76. The number of amides is 3. The molecule has 12 heteroatoms. The number of hydrogen-bond acceptors (Lipinski definition) is 9. The summed E-state index contributed by atoms with van der Waals surface area (Å²) in [5.74, 6) is 0.316. The van der Waals surface area contributed by atoms with E-state index in [1.807, 2.05) is 30.6 Å². The molecule has 8 aliphatic heterocycles. The van der Waals surface area contributed by atoms with E-state index >= 15 is 0 Å². The Morgan fingerprint density at radius 1 is 0.297 bits per heavy atom. The fraction of sp³-hybridized carbons (Fsp3) is 0.560. The maximum Gasteiger partial charge on any atom is 0.414 e. The Morgan fingerprint density at radius 2 is 0.641 bits per heavy atom. The van der Waals surface area contributed by atoms with E-state index in [0.717, 1.165) is 88.7 Å². The van der Waals surface area contributed by atoms with Crippen molar-refractivity contribution in [2.75, 3.05) is 93.6 Å². The number of carbonyl (C=O) groups excluding carboxylic acids is 3. The van der Waals surface area contributed by atoms with Gasteiger partial charge in [0.05, 0.1) is 5.69 Å². The highest BCUT2D eigenvalue weighted by molar-refractivity contribution is 5.96. The first-order valence-corrected chi connectivity index (χ1v) is 48.5. The zero-order valence-corrected chi connectivity index (χ0v) is 85.8. The summed E-state index contributed by atoms with van der Waals surface area (Å²) in [5, 5.41) is 17.5. The number of nitrogens with zero attached hydrogens (tertiary/aromatic N) is 3. The lowest BCUT2D eigenvalue weighted by Crippen LogP contribution is -2.40. The van der Waals surface area contributed by atoms with Crippen LogP contribution >= 0.6 is 0 Å². The van der Waals surface area contributed by atoms with Crippen LogP contribution in [0.25, 0.3) is 0 Å². The normalized spacial score (nSPS) is 17.6. The van der Waals surface area contributed by atoms with Gasteiger partial charge >= 0.3 is 6.09 Å². The van der Waals surface area contributed by atoms with Crippen LogP contribution in [0.1, 0.15) is 362 Å². The smallest absolute Gasteiger partial charge is 0.414 e. The molecule has 0 aromatic heterocycles. The average Bonchev–Trinajstić information content (AvgIpc) is 1.55. The zero-order valence-electron chi connectivity index (χ0n) is 85.8. The molecule has 12 nitrogen and oxygen atoms in total. The molecule has 3 amide bonds. The first-order valence-electron chi connectivity index (χ1n) is 48.5. The van der Waals surface area contributed by atoms with Gasteiger partial charge in [-0.25, -0.2) is 4.79 Å². The predicted molar refractivity (Wildman–Crippen MR) is 550 cm³/mol. The Bertz CT molecular complexity index is 5220. The van der Waals surface area contributed by atoms with Crippen LogP contribution in [0.4, 0.5) is 50.3 Å². The molecule has 128 heavy (non-hydrogen) atoms. The molecular formula is C116H166N8O4. The fourth-order valence-corrected chi connectivity index (χ4v) is 18.5. The van der Waals surface area contributed by atoms with Gasteiger partial charge in [-0.3, -0.25) is 14.5 Å². The van der Waals surface area contributed by atoms with Crippen molar-refractivity contribution in [1.82, 2.24) is 0 Å². The molecule has 0 atom stereocenters. The summed E-state index contributed by atoms with van der Waals surface area (Å²) in [6, 6.07) is 54.2. The average molecular weight is 1740 g/mol. The number of anilines is 8. The molecule has 0 radical (unpaired) electrons. The number of nitrogens with one attached hydrogen (secondary N) is 5. The van der Waals surface area contributed by atoms with Crippen molar-refractivity contribution in [1.29, 1.82) is 0 Å². The quantitative estimate of drug-likeness (QED) is 0.101. The van der Waals surface area contributed by atoms with E-state index in [1.54, 1.807) is 24.3 Å². The van der Waals surface area contributed by atoms with Crippen LogP contribution in [-0.2, 0) is 105 Å². The summed E-state index contributed by atoms with van der Waals surface area (Å²) < 4.78 is 5.55. The van der Waals surface area contributed by atoms with E-state index in [-0.39, 0.29) is 66.6 Å². The Morgan fingerprint density at radius 3 is 1.09 bits per heavy atom. The lowest BCUT2D eigenvalue weighted by molar-refractivity contribution is -0.117. The summed E-state index contributed by atoms with van der Waals surface area (Å²) in [5.41, 5.74) is 34.9. The van der Waals surface area contributed by atoms with Crippen LogP contribution in [0.5, 0.6) is 0 Å². The van der Waals surface area contributed by atoms with E-state index < -0.39 is 5.60 Å². The standard InChI is InChI=1S/C18H27NO2.C16H21NO.C15H23N.C14H19NO.C14H19N.C14H21N.C13H19N.C12H17N/c1-17(2,3)14-10-9-13-8-7-11-19(15(13)12-14)16(20)21-18(4,5)6;1-11(18)17-10-16(7-8-16)13-6-5-12(9-14(13)17)15(2,3)4;1-14(2,3)11-6-7-12-13(10-11)16-9-8-15(12,4)5;1-10(16)15-8-7-11-5-6-12(9-13(11)15)14(2,3)4;1-13(2,3)10-4-5-11-12(8-10)15-9-14(11)6-7-14;1-13(2,3)10-6-7-11-12(8-10)15-9-14(11,4)5;1-13(2,3)11-7-6-10-5-4-8-14-12(10)9-11;1-12(2,3)10-5-4-9-6-7-13-11(9)8-10/h9-10,12H,7-8,11H2,1-6H3;5-6,9H,7-8,10H2,1-4H3;6-7,10,16H,8-9H2,1-5H3;5-6,9H,7-8H2,1-4H3;4-5,8,15H,6-7,9H2,1-3H3;6-8,15H,9H2,1-5H3;6-7,9,14H,4-5,8H2,1-3H3;4-5,8,13H,6-7H2,1-3H3. The van der Waals surface area contributed by atoms with Crippen molar-refractivity contribution in [2.24, 2.45) is 0 Å². The molecule has 8 aromatic rings. The molecule has 0 bridgehead atoms. The van der Waals surface area contributed by atoms with Crippen LogP contribution < -0.4 is 41.3 Å². The number of carbonyl (C=O) groups is 3. The summed E-state index contributed by atoms with van der Waals surface area (Å²) >= 11 is 0.